The van der Waals surface area contributed by atoms with E-state index in [1.165, 1.54) is 41.0 Å². The van der Waals surface area contributed by atoms with E-state index >= 15 is 0 Å². The second kappa shape index (κ2) is 17.4. The Hall–Kier alpha value is -6.21. The van der Waals surface area contributed by atoms with Gasteiger partial charge in [-0.25, -0.2) is 9.93 Å². The number of aromatic hydroxyl groups is 2. The quantitative estimate of drug-likeness (QED) is 0.0480. The molecule has 12 heteroatoms. The van der Waals surface area contributed by atoms with Crippen molar-refractivity contribution in [1.82, 2.24) is 4.72 Å². The van der Waals surface area contributed by atoms with Crippen LogP contribution in [-0.2, 0) is 25.3 Å². The van der Waals surface area contributed by atoms with Crippen molar-refractivity contribution in [3.05, 3.63) is 161 Å². The van der Waals surface area contributed by atoms with E-state index in [2.05, 4.69) is 46.4 Å². The highest BCUT2D eigenvalue weighted by molar-refractivity contribution is 7.87. The van der Waals surface area contributed by atoms with Gasteiger partial charge in [-0.15, -0.1) is 0 Å². The number of phenols is 2. The molecule has 64 heavy (non-hydrogen) atoms. The smallest absolute Gasteiger partial charge is 0.340 e. The summed E-state index contributed by atoms with van der Waals surface area (Å²) >= 11 is 0. The highest BCUT2D eigenvalue weighted by Crippen LogP contribution is 2.66. The molecule has 5 aromatic carbocycles. The number of allylic oxidation sites excluding steroid dienone is 3. The predicted molar refractivity (Wildman–Crippen MR) is 247 cm³/mol. The van der Waals surface area contributed by atoms with Gasteiger partial charge in [-0.2, -0.15) is 13.1 Å². The molecule has 1 amide bonds. The first-order chi connectivity index (χ1) is 30.9. The first kappa shape index (κ1) is 43.1. The molecule has 330 valence electrons. The minimum atomic E-state index is -3.89. The van der Waals surface area contributed by atoms with Gasteiger partial charge in [-0.3, -0.25) is 4.79 Å². The van der Waals surface area contributed by atoms with Crippen molar-refractivity contribution in [3.63, 3.8) is 0 Å². The van der Waals surface area contributed by atoms with Gasteiger partial charge < -0.3 is 25.0 Å². The van der Waals surface area contributed by atoms with Crippen LogP contribution in [0, 0.1) is 11.3 Å². The van der Waals surface area contributed by atoms with E-state index < -0.39 is 27.2 Å². The number of anilines is 1. The number of phenolic OH excluding ortho intramolecular Hbond substituents is 2. The second-order valence-corrected chi connectivity index (χ2v) is 18.9. The van der Waals surface area contributed by atoms with Crippen LogP contribution in [0.4, 0.5) is 5.69 Å². The molecule has 2 aliphatic carbocycles. The van der Waals surface area contributed by atoms with Gasteiger partial charge >= 0.3 is 5.97 Å². The molecule has 5 aromatic rings. The summed E-state index contributed by atoms with van der Waals surface area (Å²) in [5.74, 6) is -0.124. The summed E-state index contributed by atoms with van der Waals surface area (Å²) in [4.78, 5) is 26.6. The number of hydrogen-bond acceptors (Lipinski definition) is 8. The van der Waals surface area contributed by atoms with Crippen molar-refractivity contribution in [3.8, 4) is 23.0 Å². The topological polar surface area (TPSA) is 177 Å². The standard InChI is InChI=1S/C52H53N3O8S/c1-33(34-15-10-7-11-16-34)51-28-27-45(55-64(53,60)61)44(51)29-36(49(51)35-17-12-8-13-18-35)19-9-5-3-2-4-6-14-20-48(58)54-37-21-24-41-40(30-37)50(59)63-52(41)42-25-22-38(56)31-46(42)62-47-32-39(57)23-26-43(47)52/h7-8,10-13,15-18,21-26,30-32,44-45,55-57H,1-6,9,14,19-20,27-29H2,(H,54,58)(H2,53,60,61)/t44-,45-,51-/m0/s1. The predicted octanol–water partition coefficient (Wildman–Crippen LogP) is 10.2. The number of rotatable bonds is 16. The third-order valence-corrected chi connectivity index (χ3v) is 14.3. The van der Waals surface area contributed by atoms with Gasteiger partial charge in [0.1, 0.15) is 23.0 Å². The van der Waals surface area contributed by atoms with Gasteiger partial charge in [0.25, 0.3) is 10.2 Å². The molecule has 1 fully saturated rings. The van der Waals surface area contributed by atoms with E-state index in [-0.39, 0.29) is 29.4 Å². The van der Waals surface area contributed by atoms with Crippen LogP contribution in [0.25, 0.3) is 11.1 Å². The van der Waals surface area contributed by atoms with Gasteiger partial charge in [-0.05, 0) is 103 Å². The third-order valence-electron chi connectivity index (χ3n) is 13.7. The van der Waals surface area contributed by atoms with E-state index in [0.717, 1.165) is 75.3 Å². The van der Waals surface area contributed by atoms with Crippen LogP contribution in [0.2, 0.25) is 0 Å². The number of amides is 1. The Morgan fingerprint density at radius 2 is 1.39 bits per heavy atom. The van der Waals surface area contributed by atoms with Gasteiger partial charge in [0.15, 0.2) is 5.60 Å². The van der Waals surface area contributed by atoms with Crippen LogP contribution in [0.1, 0.15) is 115 Å². The van der Waals surface area contributed by atoms with Crippen LogP contribution in [-0.4, -0.2) is 36.5 Å². The Morgan fingerprint density at radius 3 is 2.05 bits per heavy atom. The molecule has 3 atom stereocenters. The first-order valence-electron chi connectivity index (χ1n) is 22.2. The fourth-order valence-electron chi connectivity index (χ4n) is 11.0. The third kappa shape index (κ3) is 7.99. The average molecular weight is 880 g/mol. The van der Waals surface area contributed by atoms with E-state index in [9.17, 15) is 28.2 Å². The van der Waals surface area contributed by atoms with Crippen molar-refractivity contribution in [2.45, 2.75) is 88.7 Å². The van der Waals surface area contributed by atoms with E-state index in [4.69, 9.17) is 21.2 Å². The largest absolute Gasteiger partial charge is 0.508 e. The van der Waals surface area contributed by atoms with Gasteiger partial charge in [0, 0.05) is 52.4 Å². The molecule has 2 aliphatic heterocycles. The molecular formula is C52H53N3O8S. The van der Waals surface area contributed by atoms with E-state index in [1.54, 1.807) is 30.3 Å². The molecule has 4 aliphatic rings. The number of unbranched alkanes of at least 4 members (excludes halogenated alkanes) is 6. The van der Waals surface area contributed by atoms with Crippen molar-refractivity contribution in [2.75, 3.05) is 5.32 Å². The zero-order valence-corrected chi connectivity index (χ0v) is 36.5. The van der Waals surface area contributed by atoms with Gasteiger partial charge in [0.05, 0.1) is 5.56 Å². The molecule has 1 saturated carbocycles. The van der Waals surface area contributed by atoms with E-state index in [1.807, 2.05) is 24.3 Å². The van der Waals surface area contributed by atoms with Crippen molar-refractivity contribution in [2.24, 2.45) is 16.5 Å². The summed E-state index contributed by atoms with van der Waals surface area (Å²) in [6.07, 6.45) is 10.5. The molecule has 0 saturated heterocycles. The Balaban J connectivity index is 0.789. The highest BCUT2D eigenvalue weighted by Gasteiger charge is 2.58. The Bertz CT molecular complexity index is 2720. The number of fused-ring (bicyclic) bond motifs is 7. The minimum absolute atomic E-state index is 0.00884. The number of nitrogens with two attached hydrogens (primary N) is 1. The first-order valence-corrected chi connectivity index (χ1v) is 23.8. The minimum Gasteiger partial charge on any atom is -0.508 e. The SMILES string of the molecule is C=C(c1ccccc1)[C@@]12CC[C@H](NS(N)(=O)=O)[C@@H]1CC(CCCCCCCCCC(=O)Nc1ccc3c(c1)C(=O)OC31c3ccc(O)cc3Oc3cc(O)ccc31)=C2c1ccccc1. The number of ether oxygens (including phenoxy) is 2. The number of carbonyl (C=O) groups is 2. The number of hydrogen-bond donors (Lipinski definition) is 5. The van der Waals surface area contributed by atoms with Crippen LogP contribution >= 0.6 is 0 Å². The molecule has 0 bridgehead atoms. The summed E-state index contributed by atoms with van der Waals surface area (Å²) in [5.41, 5.74) is 6.61. The zero-order chi connectivity index (χ0) is 44.6. The molecular weight excluding hydrogens is 827 g/mol. The summed E-state index contributed by atoms with van der Waals surface area (Å²) in [7, 11) is -3.89. The van der Waals surface area contributed by atoms with Crippen molar-refractivity contribution < 1.29 is 37.7 Å². The average Bonchev–Trinajstić information content (AvgIpc) is 3.89. The summed E-state index contributed by atoms with van der Waals surface area (Å²) in [6.45, 7) is 4.71. The Morgan fingerprint density at radius 1 is 0.781 bits per heavy atom. The molecule has 0 aromatic heterocycles. The lowest BCUT2D eigenvalue weighted by Gasteiger charge is -2.37. The monoisotopic (exact) mass is 879 g/mol. The van der Waals surface area contributed by atoms with Crippen LogP contribution in [0.3, 0.4) is 0 Å². The maximum Gasteiger partial charge on any atom is 0.340 e. The lowest BCUT2D eigenvalue weighted by atomic mass is 9.66. The summed E-state index contributed by atoms with van der Waals surface area (Å²) in [6, 6.07) is 34.9. The normalized spacial score (nSPS) is 20.2. The number of carbonyl (C=O) groups excluding carboxylic acids is 2. The number of nitrogens with one attached hydrogen (secondary N) is 2. The fraction of sp³-hybridized carbons (Fsp3) is 0.308. The maximum atomic E-state index is 13.5. The van der Waals surface area contributed by atoms with Crippen LogP contribution < -0.4 is 19.9 Å². The summed E-state index contributed by atoms with van der Waals surface area (Å²) in [5, 5.41) is 28.9. The Labute approximate surface area is 374 Å². The summed E-state index contributed by atoms with van der Waals surface area (Å²) < 4.78 is 39.7. The maximum absolute atomic E-state index is 13.5. The molecule has 0 unspecified atom stereocenters. The molecule has 0 radical (unpaired) electrons. The number of esters is 1. The number of benzene rings is 5. The molecule has 9 rings (SSSR count). The van der Waals surface area contributed by atoms with Crippen molar-refractivity contribution >= 4 is 38.9 Å². The van der Waals surface area contributed by atoms with Crippen LogP contribution in [0.5, 0.6) is 23.0 Å². The fourth-order valence-corrected chi connectivity index (χ4v) is 11.7. The lowest BCUT2D eigenvalue weighted by Crippen LogP contribution is -2.43. The van der Waals surface area contributed by atoms with Gasteiger partial charge in [-0.1, -0.05) is 111 Å². The molecule has 11 nitrogen and oxygen atoms in total. The Kier molecular flexibility index (Phi) is 11.7. The molecule has 1 spiro atoms. The van der Waals surface area contributed by atoms with Crippen molar-refractivity contribution in [1.29, 1.82) is 0 Å². The lowest BCUT2D eigenvalue weighted by molar-refractivity contribution is -0.116. The molecule has 6 N–H and O–H groups in total. The van der Waals surface area contributed by atoms with E-state index in [0.29, 0.717) is 52.3 Å². The van der Waals surface area contributed by atoms with Gasteiger partial charge in [0.2, 0.25) is 5.91 Å². The molecule has 2 heterocycles. The highest BCUT2D eigenvalue weighted by atomic mass is 32.2. The second-order valence-electron chi connectivity index (χ2n) is 17.6. The zero-order valence-electron chi connectivity index (χ0n) is 35.6. The van der Waals surface area contributed by atoms with Crippen LogP contribution in [0.15, 0.2) is 127 Å².